The second kappa shape index (κ2) is 8.85. The fraction of sp³-hybridized carbons (Fsp3) is 0.304. The zero-order valence-electron chi connectivity index (χ0n) is 17.1. The van der Waals surface area contributed by atoms with E-state index in [1.807, 2.05) is 6.92 Å². The second-order valence-corrected chi connectivity index (χ2v) is 7.61. The van der Waals surface area contributed by atoms with Crippen molar-refractivity contribution < 1.29 is 23.0 Å². The third kappa shape index (κ3) is 4.74. The molecule has 3 aromatic rings. The van der Waals surface area contributed by atoms with Gasteiger partial charge in [-0.1, -0.05) is 6.07 Å². The van der Waals surface area contributed by atoms with Crippen molar-refractivity contribution in [1.82, 2.24) is 9.55 Å². The van der Waals surface area contributed by atoms with Gasteiger partial charge in [-0.05, 0) is 49.6 Å². The maximum atomic E-state index is 14.6. The van der Waals surface area contributed by atoms with Gasteiger partial charge in [0.05, 0.1) is 6.10 Å². The van der Waals surface area contributed by atoms with Crippen molar-refractivity contribution in [2.75, 3.05) is 6.61 Å². The van der Waals surface area contributed by atoms with Crippen molar-refractivity contribution in [3.05, 3.63) is 77.4 Å². The lowest BCUT2D eigenvalue weighted by molar-refractivity contribution is -0.126. The number of nitrogens with zero attached hydrogens (tertiary/aromatic N) is 2. The number of aromatic nitrogens is 2. The molecule has 0 aliphatic carbocycles. The third-order valence-electron chi connectivity index (χ3n) is 5.49. The van der Waals surface area contributed by atoms with Gasteiger partial charge < -0.3 is 19.8 Å². The van der Waals surface area contributed by atoms with Crippen LogP contribution < -0.4 is 10.5 Å². The average Bonchev–Trinajstić information content (AvgIpc) is 3.18. The number of hydrogen-bond donors (Lipinski definition) is 1. The normalized spacial score (nSPS) is 18.7. The van der Waals surface area contributed by atoms with Crippen LogP contribution in [0.25, 0.3) is 5.69 Å². The van der Waals surface area contributed by atoms with Crippen LogP contribution in [0.5, 0.6) is 5.75 Å². The molecule has 162 valence electrons. The summed E-state index contributed by atoms with van der Waals surface area (Å²) in [6, 6.07) is 9.05. The molecule has 1 amide bonds. The van der Waals surface area contributed by atoms with Crippen molar-refractivity contribution in [3.8, 4) is 11.4 Å². The van der Waals surface area contributed by atoms with Crippen LogP contribution in [0.4, 0.5) is 8.78 Å². The lowest BCUT2D eigenvalue weighted by Gasteiger charge is -2.28. The summed E-state index contributed by atoms with van der Waals surface area (Å²) in [4.78, 5) is 15.6. The molecule has 2 aromatic carbocycles. The molecule has 1 aliphatic heterocycles. The molecule has 8 heteroatoms. The molecule has 0 radical (unpaired) electrons. The van der Waals surface area contributed by atoms with Gasteiger partial charge in [0.25, 0.3) is 0 Å². The van der Waals surface area contributed by atoms with Crippen LogP contribution in [0.3, 0.4) is 0 Å². The first-order chi connectivity index (χ1) is 14.9. The van der Waals surface area contributed by atoms with E-state index in [0.29, 0.717) is 36.3 Å². The molecule has 2 heterocycles. The largest absolute Gasteiger partial charge is 0.489 e. The molecule has 31 heavy (non-hydrogen) atoms. The van der Waals surface area contributed by atoms with Crippen LogP contribution in [0, 0.1) is 24.5 Å². The highest BCUT2D eigenvalue weighted by Gasteiger charge is 2.28. The van der Waals surface area contributed by atoms with Crippen molar-refractivity contribution in [1.29, 1.82) is 0 Å². The lowest BCUT2D eigenvalue weighted by Crippen LogP contribution is -2.30. The van der Waals surface area contributed by atoms with Crippen LogP contribution >= 0.6 is 0 Å². The number of aryl methyl sites for hydroxylation is 1. The molecule has 1 saturated heterocycles. The highest BCUT2D eigenvalue weighted by molar-refractivity contribution is 5.76. The monoisotopic (exact) mass is 427 g/mol. The van der Waals surface area contributed by atoms with Gasteiger partial charge in [-0.2, -0.15) is 0 Å². The Bertz CT molecular complexity index is 1100. The number of primary amides is 1. The molecule has 0 spiro atoms. The van der Waals surface area contributed by atoms with E-state index in [1.54, 1.807) is 35.2 Å². The molecule has 1 fully saturated rings. The summed E-state index contributed by atoms with van der Waals surface area (Å²) >= 11 is 0. The Kier molecular flexibility index (Phi) is 5.99. The number of carbonyl (C=O) groups is 1. The van der Waals surface area contributed by atoms with Gasteiger partial charge >= 0.3 is 0 Å². The van der Waals surface area contributed by atoms with E-state index >= 15 is 0 Å². The number of nitrogens with two attached hydrogens (primary N) is 1. The van der Waals surface area contributed by atoms with E-state index in [-0.39, 0.29) is 24.2 Å². The molecule has 6 nitrogen and oxygen atoms in total. The maximum Gasteiger partial charge on any atom is 0.220 e. The number of hydrogen-bond acceptors (Lipinski definition) is 4. The van der Waals surface area contributed by atoms with Gasteiger partial charge in [0, 0.05) is 42.2 Å². The summed E-state index contributed by atoms with van der Waals surface area (Å²) in [5.74, 6) is -0.608. The second-order valence-electron chi connectivity index (χ2n) is 7.61. The number of rotatable bonds is 6. The molecule has 4 rings (SSSR count). The highest BCUT2D eigenvalue weighted by atomic mass is 19.1. The predicted octanol–water partition coefficient (Wildman–Crippen LogP) is 3.99. The van der Waals surface area contributed by atoms with Crippen LogP contribution in [0.15, 0.2) is 48.8 Å². The predicted molar refractivity (Wildman–Crippen MR) is 110 cm³/mol. The van der Waals surface area contributed by atoms with E-state index in [0.717, 1.165) is 5.82 Å². The molecule has 1 aliphatic rings. The third-order valence-corrected chi connectivity index (χ3v) is 5.49. The first-order valence-electron chi connectivity index (χ1n) is 10.0. The number of amides is 1. The van der Waals surface area contributed by atoms with Crippen LogP contribution in [-0.4, -0.2) is 22.1 Å². The maximum absolute atomic E-state index is 14.6. The first kappa shape index (κ1) is 21.0. The van der Waals surface area contributed by atoms with E-state index < -0.39 is 17.7 Å². The summed E-state index contributed by atoms with van der Waals surface area (Å²) in [5, 5.41) is 0. The minimum atomic E-state index is -0.497. The van der Waals surface area contributed by atoms with Gasteiger partial charge in [0.2, 0.25) is 5.91 Å². The average molecular weight is 427 g/mol. The zero-order valence-corrected chi connectivity index (χ0v) is 17.1. The van der Waals surface area contributed by atoms with E-state index in [1.165, 1.54) is 18.2 Å². The quantitative estimate of drug-likeness (QED) is 0.645. The lowest BCUT2D eigenvalue weighted by atomic mass is 9.91. The van der Waals surface area contributed by atoms with Crippen molar-refractivity contribution in [2.24, 2.45) is 11.7 Å². The molecular weight excluding hydrogens is 404 g/mol. The zero-order chi connectivity index (χ0) is 22.0. The summed E-state index contributed by atoms with van der Waals surface area (Å²) in [6.45, 7) is 2.14. The van der Waals surface area contributed by atoms with E-state index in [2.05, 4.69) is 4.98 Å². The Morgan fingerprint density at radius 2 is 2.13 bits per heavy atom. The summed E-state index contributed by atoms with van der Waals surface area (Å²) in [7, 11) is 0. The Morgan fingerprint density at radius 3 is 2.84 bits per heavy atom. The van der Waals surface area contributed by atoms with E-state index in [9.17, 15) is 13.6 Å². The molecule has 2 atom stereocenters. The number of ether oxygens (including phenoxy) is 2. The SMILES string of the molecule is Cc1nccn1-c1ccc(COc2cc(F)cc(C3CC(C(N)=O)CCO3)c2)c(F)c1. The first-order valence-corrected chi connectivity index (χ1v) is 10.0. The fourth-order valence-corrected chi connectivity index (χ4v) is 3.76. The Morgan fingerprint density at radius 1 is 1.29 bits per heavy atom. The topological polar surface area (TPSA) is 79.4 Å². The van der Waals surface area contributed by atoms with Crippen molar-refractivity contribution in [3.63, 3.8) is 0 Å². The summed E-state index contributed by atoms with van der Waals surface area (Å²) < 4.78 is 41.9. The molecule has 0 bridgehead atoms. The van der Waals surface area contributed by atoms with E-state index in [4.69, 9.17) is 15.2 Å². The van der Waals surface area contributed by atoms with Crippen LogP contribution in [-0.2, 0) is 16.1 Å². The van der Waals surface area contributed by atoms with Gasteiger partial charge in [0.15, 0.2) is 0 Å². The minimum Gasteiger partial charge on any atom is -0.489 e. The highest BCUT2D eigenvalue weighted by Crippen LogP contribution is 2.34. The molecule has 2 unspecified atom stereocenters. The van der Waals surface area contributed by atoms with Crippen molar-refractivity contribution in [2.45, 2.75) is 32.5 Å². The van der Waals surface area contributed by atoms with Gasteiger partial charge in [-0.15, -0.1) is 0 Å². The molecule has 1 aromatic heterocycles. The molecular formula is C23H23F2N3O3. The number of halogens is 2. The Labute approximate surface area is 178 Å². The number of benzene rings is 2. The summed E-state index contributed by atoms with van der Waals surface area (Å²) in [5.41, 5.74) is 6.97. The Balaban J connectivity index is 1.48. The number of imidazole rings is 1. The minimum absolute atomic E-state index is 0.0622. The molecule has 2 N–H and O–H groups in total. The van der Waals surface area contributed by atoms with Gasteiger partial charge in [-0.25, -0.2) is 13.8 Å². The fourth-order valence-electron chi connectivity index (χ4n) is 3.76. The molecule has 0 saturated carbocycles. The number of carbonyl (C=O) groups excluding carboxylic acids is 1. The summed E-state index contributed by atoms with van der Waals surface area (Å²) in [6.07, 6.45) is 3.90. The standard InChI is InChI=1S/C23H23F2N3O3/c1-14-27-5-6-28(14)19-3-2-16(21(25)12-19)13-31-20-9-17(8-18(24)11-20)22-10-15(23(26)29)4-7-30-22/h2-3,5-6,8-9,11-12,15,22H,4,7,10,13H2,1H3,(H2,26,29). The van der Waals surface area contributed by atoms with Gasteiger partial charge in [0.1, 0.15) is 29.8 Å². The van der Waals surface area contributed by atoms with Crippen LogP contribution in [0.2, 0.25) is 0 Å². The van der Waals surface area contributed by atoms with Crippen molar-refractivity contribution >= 4 is 5.91 Å². The Hall–Kier alpha value is -3.26. The van der Waals surface area contributed by atoms with Gasteiger partial charge in [-0.3, -0.25) is 4.79 Å². The smallest absolute Gasteiger partial charge is 0.220 e. The van der Waals surface area contributed by atoms with Crippen LogP contribution in [0.1, 0.15) is 35.9 Å².